The molecule has 0 unspecified atom stereocenters. The summed E-state index contributed by atoms with van der Waals surface area (Å²) in [5, 5.41) is 11.1. The molecule has 5 N–H and O–H groups in total. The molecule has 110 valence electrons. The van der Waals surface area contributed by atoms with Gasteiger partial charge in [0.05, 0.1) is 0 Å². The quantitative estimate of drug-likeness (QED) is 0.253. The molecular formula is C11H21N3O4S. The molecule has 0 aromatic rings. The summed E-state index contributed by atoms with van der Waals surface area (Å²) < 4.78 is 0. The number of Topliss-reactive ketones (excluding diaryl/α,β-unsaturated/α-hetero) is 1. The Balaban J connectivity index is 4.70. The second-order valence-corrected chi connectivity index (χ2v) is 5.39. The average Bonchev–Trinajstić information content (AvgIpc) is 2.35. The van der Waals surface area contributed by atoms with Gasteiger partial charge in [0.1, 0.15) is 12.1 Å². The van der Waals surface area contributed by atoms with E-state index >= 15 is 0 Å². The van der Waals surface area contributed by atoms with E-state index in [0.717, 1.165) is 5.75 Å². The second kappa shape index (κ2) is 8.89. The van der Waals surface area contributed by atoms with Gasteiger partial charge in [-0.2, -0.15) is 11.8 Å². The van der Waals surface area contributed by atoms with Gasteiger partial charge in [0.15, 0.2) is 0 Å². The lowest BCUT2D eigenvalue weighted by molar-refractivity contribution is -0.151. The minimum absolute atomic E-state index is 0.313. The van der Waals surface area contributed by atoms with Crippen molar-refractivity contribution in [2.75, 3.05) is 12.0 Å². The fraction of sp³-hybridized carbons (Fsp3) is 0.727. The summed E-state index contributed by atoms with van der Waals surface area (Å²) in [5.74, 6) is 2.64. The number of carbonyl (C=O) groups excluding carboxylic acids is 2. The molecule has 0 aliphatic carbocycles. The van der Waals surface area contributed by atoms with Crippen LogP contribution in [0.1, 0.15) is 20.3 Å². The molecule has 1 amide bonds. The van der Waals surface area contributed by atoms with Gasteiger partial charge in [-0.25, -0.2) is 10.2 Å². The zero-order valence-corrected chi connectivity index (χ0v) is 12.1. The third-order valence-corrected chi connectivity index (χ3v) is 3.23. The maximum atomic E-state index is 11.9. The van der Waals surface area contributed by atoms with Crippen molar-refractivity contribution in [3.8, 4) is 0 Å². The number of carboxylic acid groups (broad SMARTS) is 1. The van der Waals surface area contributed by atoms with E-state index in [1.807, 2.05) is 6.26 Å². The lowest BCUT2D eigenvalue weighted by Gasteiger charge is -2.22. The van der Waals surface area contributed by atoms with Crippen molar-refractivity contribution in [2.45, 2.75) is 32.4 Å². The summed E-state index contributed by atoms with van der Waals surface area (Å²) in [6, 6.07) is -1.69. The molecule has 0 aliphatic heterocycles. The van der Waals surface area contributed by atoms with Crippen LogP contribution in [0.25, 0.3) is 0 Å². The van der Waals surface area contributed by atoms with Gasteiger partial charge < -0.3 is 10.4 Å². The third kappa shape index (κ3) is 6.04. The van der Waals surface area contributed by atoms with Crippen LogP contribution in [0.3, 0.4) is 0 Å². The summed E-state index contributed by atoms with van der Waals surface area (Å²) in [6.07, 6.45) is 2.39. The number of rotatable bonds is 9. The predicted octanol–water partition coefficient (Wildman–Crippen LogP) is -0.634. The molecule has 8 heteroatoms. The Morgan fingerprint density at radius 3 is 2.26 bits per heavy atom. The first-order valence-electron chi connectivity index (χ1n) is 5.87. The number of thioether (sulfide) groups is 1. The number of hydrogen-bond donors (Lipinski definition) is 4. The molecule has 0 spiro atoms. The minimum atomic E-state index is -1.56. The highest BCUT2D eigenvalue weighted by Gasteiger charge is 2.31. The van der Waals surface area contributed by atoms with Gasteiger partial charge in [0.2, 0.25) is 5.91 Å². The van der Waals surface area contributed by atoms with Gasteiger partial charge in [-0.05, 0) is 24.3 Å². The maximum Gasteiger partial charge on any atom is 0.374 e. The third-order valence-electron chi connectivity index (χ3n) is 2.59. The van der Waals surface area contributed by atoms with Crippen LogP contribution in [0.2, 0.25) is 0 Å². The monoisotopic (exact) mass is 291 g/mol. The van der Waals surface area contributed by atoms with Crippen LogP contribution in [0.15, 0.2) is 0 Å². The standard InChI is InChI=1S/C11H21N3O4S/c1-6(2)8(9(15)11(17)18)13-10(16)7(14-12)4-5-19-3/h6-8,14H,4-5,12H2,1-3H3,(H,13,16)(H,17,18)/t7-,8-/m0/s1. The van der Waals surface area contributed by atoms with Crippen molar-refractivity contribution in [1.82, 2.24) is 10.7 Å². The fourth-order valence-corrected chi connectivity index (χ4v) is 1.92. The highest BCUT2D eigenvalue weighted by molar-refractivity contribution is 7.98. The highest BCUT2D eigenvalue weighted by atomic mass is 32.2. The molecule has 0 rings (SSSR count). The summed E-state index contributed by atoms with van der Waals surface area (Å²) in [7, 11) is 0. The summed E-state index contributed by atoms with van der Waals surface area (Å²) in [6.45, 7) is 3.33. The van der Waals surface area contributed by atoms with Crippen LogP contribution < -0.4 is 16.6 Å². The summed E-state index contributed by atoms with van der Waals surface area (Å²) in [4.78, 5) is 34.1. The van der Waals surface area contributed by atoms with E-state index in [0.29, 0.717) is 6.42 Å². The number of nitrogens with one attached hydrogen (secondary N) is 2. The SMILES string of the molecule is CSCC[C@H](NN)C(=O)N[C@H](C(=O)C(=O)O)C(C)C. The molecule has 0 radical (unpaired) electrons. The van der Waals surface area contributed by atoms with Gasteiger partial charge in [0, 0.05) is 0 Å². The number of amides is 1. The molecule has 19 heavy (non-hydrogen) atoms. The molecule has 0 saturated carbocycles. The van der Waals surface area contributed by atoms with Gasteiger partial charge in [0.25, 0.3) is 5.78 Å². The Morgan fingerprint density at radius 1 is 1.32 bits per heavy atom. The van der Waals surface area contributed by atoms with Crippen molar-refractivity contribution in [3.05, 3.63) is 0 Å². The first-order chi connectivity index (χ1) is 8.84. The molecule has 0 bridgehead atoms. The lowest BCUT2D eigenvalue weighted by Crippen LogP contribution is -2.54. The highest BCUT2D eigenvalue weighted by Crippen LogP contribution is 2.06. The van der Waals surface area contributed by atoms with E-state index in [1.54, 1.807) is 25.6 Å². The Kier molecular flexibility index (Phi) is 8.37. The van der Waals surface area contributed by atoms with Crippen LogP contribution in [-0.4, -0.2) is 46.9 Å². The van der Waals surface area contributed by atoms with Crippen molar-refractivity contribution in [2.24, 2.45) is 11.8 Å². The van der Waals surface area contributed by atoms with Gasteiger partial charge >= 0.3 is 5.97 Å². The lowest BCUT2D eigenvalue weighted by atomic mass is 9.99. The molecule has 0 fully saturated rings. The normalized spacial score (nSPS) is 13.9. The van der Waals surface area contributed by atoms with Crippen LogP contribution in [0.5, 0.6) is 0 Å². The number of carboxylic acids is 1. The number of aliphatic carboxylic acids is 1. The smallest absolute Gasteiger partial charge is 0.374 e. The van der Waals surface area contributed by atoms with Crippen LogP contribution in [0, 0.1) is 5.92 Å². The van der Waals surface area contributed by atoms with Crippen LogP contribution in [-0.2, 0) is 14.4 Å². The topological polar surface area (TPSA) is 122 Å². The number of hydrogen-bond acceptors (Lipinski definition) is 6. The van der Waals surface area contributed by atoms with Crippen LogP contribution in [0.4, 0.5) is 0 Å². The number of ketones is 1. The average molecular weight is 291 g/mol. The van der Waals surface area contributed by atoms with E-state index in [1.165, 1.54) is 0 Å². The largest absolute Gasteiger partial charge is 0.475 e. The molecule has 2 atom stereocenters. The van der Waals surface area contributed by atoms with Crippen molar-refractivity contribution < 1.29 is 19.5 Å². The van der Waals surface area contributed by atoms with Crippen molar-refractivity contribution >= 4 is 29.4 Å². The molecule has 0 aromatic carbocycles. The summed E-state index contributed by atoms with van der Waals surface area (Å²) in [5.41, 5.74) is 2.36. The second-order valence-electron chi connectivity index (χ2n) is 4.40. The van der Waals surface area contributed by atoms with Crippen molar-refractivity contribution in [3.63, 3.8) is 0 Å². The maximum absolute atomic E-state index is 11.9. The van der Waals surface area contributed by atoms with Gasteiger partial charge in [-0.15, -0.1) is 0 Å². The Labute approximate surface area is 116 Å². The Hall–Kier alpha value is -1.12. The van der Waals surface area contributed by atoms with E-state index in [2.05, 4.69) is 10.7 Å². The zero-order valence-electron chi connectivity index (χ0n) is 11.3. The first kappa shape index (κ1) is 17.9. The van der Waals surface area contributed by atoms with E-state index < -0.39 is 29.7 Å². The number of carbonyl (C=O) groups is 3. The molecule has 0 heterocycles. The van der Waals surface area contributed by atoms with Crippen molar-refractivity contribution in [1.29, 1.82) is 0 Å². The summed E-state index contributed by atoms with van der Waals surface area (Å²) >= 11 is 1.56. The first-order valence-corrected chi connectivity index (χ1v) is 7.27. The number of nitrogens with two attached hydrogens (primary N) is 1. The van der Waals surface area contributed by atoms with Crippen LogP contribution >= 0.6 is 11.8 Å². The Bertz CT molecular complexity index is 336. The Morgan fingerprint density at radius 2 is 1.89 bits per heavy atom. The van der Waals surface area contributed by atoms with Gasteiger partial charge in [-0.1, -0.05) is 13.8 Å². The molecule has 0 aliphatic rings. The molecular weight excluding hydrogens is 270 g/mol. The number of hydrazine groups is 1. The zero-order chi connectivity index (χ0) is 15.0. The molecule has 7 nitrogen and oxygen atoms in total. The van der Waals surface area contributed by atoms with Gasteiger partial charge in [-0.3, -0.25) is 15.4 Å². The van der Waals surface area contributed by atoms with E-state index in [-0.39, 0.29) is 5.92 Å². The fourth-order valence-electron chi connectivity index (χ4n) is 1.45. The predicted molar refractivity (Wildman–Crippen MR) is 73.5 cm³/mol. The minimum Gasteiger partial charge on any atom is -0.475 e. The van der Waals surface area contributed by atoms with E-state index in [9.17, 15) is 14.4 Å². The molecule has 0 aromatic heterocycles. The van der Waals surface area contributed by atoms with E-state index in [4.69, 9.17) is 10.9 Å². The molecule has 0 saturated heterocycles.